The number of hydrogen-bond donors (Lipinski definition) is 4. The smallest absolute Gasteiger partial charge is 0.295 e. The number of anilines is 1. The second-order valence-corrected chi connectivity index (χ2v) is 10.8. The second-order valence-electron chi connectivity index (χ2n) is 9.21. The predicted molar refractivity (Wildman–Crippen MR) is 137 cm³/mol. The molecule has 2 aromatic carbocycles. The van der Waals surface area contributed by atoms with Gasteiger partial charge in [0, 0.05) is 30.4 Å². The number of phenolic OH excluding ortho intramolecular Hbond substituents is 1. The highest BCUT2D eigenvalue weighted by Crippen LogP contribution is 2.29. The Labute approximate surface area is 210 Å². The van der Waals surface area contributed by atoms with E-state index in [0.717, 1.165) is 24.2 Å². The van der Waals surface area contributed by atoms with Crippen LogP contribution in [0.15, 0.2) is 89.0 Å². The van der Waals surface area contributed by atoms with Crippen molar-refractivity contribution in [2.24, 2.45) is 0 Å². The zero-order valence-corrected chi connectivity index (χ0v) is 20.9. The van der Waals surface area contributed by atoms with Crippen LogP contribution in [0, 0.1) is 0 Å². The van der Waals surface area contributed by atoms with Crippen molar-refractivity contribution in [2.45, 2.75) is 43.5 Å². The molecule has 190 valence electrons. The minimum absolute atomic E-state index is 0.0449. The molecule has 9 nitrogen and oxygen atoms in total. The molecule has 4 rings (SSSR count). The van der Waals surface area contributed by atoms with Crippen LogP contribution in [0.4, 0.5) is 5.69 Å². The number of nitrogens with zero attached hydrogens (tertiary/aromatic N) is 2. The maximum atomic E-state index is 12.4. The summed E-state index contributed by atoms with van der Waals surface area (Å²) in [6.45, 7) is 5.08. The molecule has 0 saturated heterocycles. The fourth-order valence-electron chi connectivity index (χ4n) is 3.68. The molecule has 0 aliphatic heterocycles. The SMILES string of the molecule is CC(C)(CCn1cnc(-c2ccccc2)c1)NCC(O)c1ccc(O)c(NS(=O)(=O)c2ccco2)c1. The highest BCUT2D eigenvalue weighted by molar-refractivity contribution is 7.92. The lowest BCUT2D eigenvalue weighted by molar-refractivity contribution is 0.158. The van der Waals surface area contributed by atoms with Crippen LogP contribution in [0.3, 0.4) is 0 Å². The second kappa shape index (κ2) is 10.6. The van der Waals surface area contributed by atoms with Gasteiger partial charge in [0.1, 0.15) is 5.75 Å². The van der Waals surface area contributed by atoms with Crippen molar-refractivity contribution < 1.29 is 23.0 Å². The molecule has 0 bridgehead atoms. The third kappa shape index (κ3) is 6.34. The van der Waals surface area contributed by atoms with Gasteiger partial charge in [-0.3, -0.25) is 4.72 Å². The van der Waals surface area contributed by atoms with Crippen molar-refractivity contribution >= 4 is 15.7 Å². The van der Waals surface area contributed by atoms with Crippen LogP contribution in [0.25, 0.3) is 11.3 Å². The van der Waals surface area contributed by atoms with Gasteiger partial charge in [-0.25, -0.2) is 4.98 Å². The fraction of sp³-hybridized carbons (Fsp3) is 0.269. The molecule has 0 fully saturated rings. The predicted octanol–water partition coefficient (Wildman–Crippen LogP) is 4.14. The van der Waals surface area contributed by atoms with Crippen LogP contribution in [-0.4, -0.2) is 40.3 Å². The van der Waals surface area contributed by atoms with Crippen LogP contribution in [0.1, 0.15) is 31.9 Å². The standard InChI is InChI=1S/C26H30N4O5S/c1-26(2,12-13-30-17-22(27-18-30)19-7-4-3-5-8-19)28-16-24(32)20-10-11-23(31)21(15-20)29-36(33,34)25-9-6-14-35-25/h3-11,14-15,17-18,24,28-29,31-32H,12-13,16H2,1-2H3. The molecule has 1 atom stereocenters. The monoisotopic (exact) mass is 510 g/mol. The molecular formula is C26H30N4O5S. The first kappa shape index (κ1) is 25.5. The average Bonchev–Trinajstić information content (AvgIpc) is 3.56. The number of phenols is 1. The van der Waals surface area contributed by atoms with E-state index >= 15 is 0 Å². The summed E-state index contributed by atoms with van der Waals surface area (Å²) in [7, 11) is -4.00. The van der Waals surface area contributed by atoms with E-state index in [4.69, 9.17) is 4.42 Å². The molecule has 2 aromatic heterocycles. The van der Waals surface area contributed by atoms with Crippen molar-refractivity contribution in [3.05, 3.63) is 85.0 Å². The summed E-state index contributed by atoms with van der Waals surface area (Å²) in [6.07, 6.45) is 4.94. The summed E-state index contributed by atoms with van der Waals surface area (Å²) in [5, 5.41) is 24.0. The quantitative estimate of drug-likeness (QED) is 0.223. The molecule has 4 N–H and O–H groups in total. The number of aliphatic hydroxyl groups is 1. The molecule has 0 aliphatic rings. The minimum atomic E-state index is -4.00. The molecule has 4 aromatic rings. The van der Waals surface area contributed by atoms with Gasteiger partial charge in [-0.15, -0.1) is 0 Å². The summed E-state index contributed by atoms with van der Waals surface area (Å²) < 4.78 is 34.1. The zero-order valence-electron chi connectivity index (χ0n) is 20.1. The first-order chi connectivity index (χ1) is 17.1. The first-order valence-electron chi connectivity index (χ1n) is 11.5. The first-order valence-corrected chi connectivity index (χ1v) is 13.0. The summed E-state index contributed by atoms with van der Waals surface area (Å²) in [5.41, 5.74) is 2.10. The Balaban J connectivity index is 1.34. The van der Waals surface area contributed by atoms with E-state index in [1.54, 1.807) is 6.07 Å². The summed E-state index contributed by atoms with van der Waals surface area (Å²) in [6, 6.07) is 17.0. The number of aliphatic hydroxyl groups excluding tert-OH is 1. The summed E-state index contributed by atoms with van der Waals surface area (Å²) in [4.78, 5) is 4.49. The molecule has 0 saturated carbocycles. The maximum Gasteiger partial charge on any atom is 0.295 e. The van der Waals surface area contributed by atoms with E-state index in [1.807, 2.05) is 47.4 Å². The van der Waals surface area contributed by atoms with Crippen LogP contribution in [0.5, 0.6) is 5.75 Å². The number of rotatable bonds is 11. The van der Waals surface area contributed by atoms with Crippen LogP contribution < -0.4 is 10.0 Å². The van der Waals surface area contributed by atoms with E-state index in [2.05, 4.69) is 28.9 Å². The van der Waals surface area contributed by atoms with Gasteiger partial charge >= 0.3 is 0 Å². The van der Waals surface area contributed by atoms with Gasteiger partial charge in [-0.05, 0) is 50.1 Å². The third-order valence-corrected chi connectivity index (χ3v) is 7.13. The Hall–Kier alpha value is -3.60. The minimum Gasteiger partial charge on any atom is -0.506 e. The van der Waals surface area contributed by atoms with Crippen LogP contribution in [0.2, 0.25) is 0 Å². The number of furan rings is 1. The van der Waals surface area contributed by atoms with Crippen molar-refractivity contribution in [1.29, 1.82) is 0 Å². The molecular weight excluding hydrogens is 480 g/mol. The van der Waals surface area contributed by atoms with Crippen molar-refractivity contribution in [2.75, 3.05) is 11.3 Å². The Bertz CT molecular complexity index is 1380. The average molecular weight is 511 g/mol. The number of sulfonamides is 1. The Kier molecular flexibility index (Phi) is 7.48. The van der Waals surface area contributed by atoms with Gasteiger partial charge < -0.3 is 24.5 Å². The largest absolute Gasteiger partial charge is 0.506 e. The van der Waals surface area contributed by atoms with Crippen LogP contribution in [-0.2, 0) is 16.6 Å². The molecule has 2 heterocycles. The number of aryl methyl sites for hydroxylation is 1. The topological polar surface area (TPSA) is 130 Å². The number of benzene rings is 2. The number of hydrogen-bond acceptors (Lipinski definition) is 7. The lowest BCUT2D eigenvalue weighted by Crippen LogP contribution is -2.42. The lowest BCUT2D eigenvalue weighted by atomic mass is 9.99. The molecule has 36 heavy (non-hydrogen) atoms. The van der Waals surface area contributed by atoms with E-state index in [9.17, 15) is 18.6 Å². The number of aromatic nitrogens is 2. The Morgan fingerprint density at radius 1 is 1.11 bits per heavy atom. The zero-order chi connectivity index (χ0) is 25.8. The number of aromatic hydroxyl groups is 1. The lowest BCUT2D eigenvalue weighted by Gasteiger charge is -2.28. The number of β-amino-alcohol motifs (C(OH)–C–C–N with tert-alkyl or cyclic N) is 1. The summed E-state index contributed by atoms with van der Waals surface area (Å²) >= 11 is 0. The third-order valence-electron chi connectivity index (χ3n) is 5.88. The maximum absolute atomic E-state index is 12.4. The van der Waals surface area contributed by atoms with Gasteiger partial charge in [0.25, 0.3) is 10.0 Å². The van der Waals surface area contributed by atoms with Gasteiger partial charge in [0.2, 0.25) is 5.09 Å². The van der Waals surface area contributed by atoms with Gasteiger partial charge in [-0.1, -0.05) is 36.4 Å². The number of nitrogens with one attached hydrogen (secondary N) is 2. The van der Waals surface area contributed by atoms with Gasteiger partial charge in [0.05, 0.1) is 30.1 Å². The molecule has 0 amide bonds. The van der Waals surface area contributed by atoms with Crippen molar-refractivity contribution in [1.82, 2.24) is 14.9 Å². The molecule has 10 heteroatoms. The molecule has 0 radical (unpaired) electrons. The highest BCUT2D eigenvalue weighted by atomic mass is 32.2. The Morgan fingerprint density at radius 2 is 1.89 bits per heavy atom. The van der Waals surface area contributed by atoms with E-state index < -0.39 is 16.1 Å². The van der Waals surface area contributed by atoms with E-state index in [-0.39, 0.29) is 28.6 Å². The number of imidazole rings is 1. The molecule has 0 spiro atoms. The van der Waals surface area contributed by atoms with Gasteiger partial charge in [-0.2, -0.15) is 8.42 Å². The van der Waals surface area contributed by atoms with Crippen LogP contribution >= 0.6 is 0 Å². The van der Waals surface area contributed by atoms with Gasteiger partial charge in [0.15, 0.2) is 0 Å². The molecule has 0 aliphatic carbocycles. The highest BCUT2D eigenvalue weighted by Gasteiger charge is 2.22. The summed E-state index contributed by atoms with van der Waals surface area (Å²) in [5.74, 6) is -0.260. The fourth-order valence-corrected chi connectivity index (χ4v) is 4.68. The van der Waals surface area contributed by atoms with Crippen molar-refractivity contribution in [3.8, 4) is 17.0 Å². The Morgan fingerprint density at radius 3 is 2.61 bits per heavy atom. The van der Waals surface area contributed by atoms with Crippen molar-refractivity contribution in [3.63, 3.8) is 0 Å². The van der Waals surface area contributed by atoms with E-state index in [1.165, 1.54) is 30.5 Å². The molecule has 1 unspecified atom stereocenters. The van der Waals surface area contributed by atoms with E-state index in [0.29, 0.717) is 5.56 Å². The normalized spacial score (nSPS) is 13.0.